The topological polar surface area (TPSA) is 66.0 Å². The van der Waals surface area contributed by atoms with Gasteiger partial charge in [0.25, 0.3) is 0 Å². The van der Waals surface area contributed by atoms with Gasteiger partial charge in [-0.05, 0) is 31.9 Å². The minimum absolute atomic E-state index is 0.132. The molecule has 0 atom stereocenters. The summed E-state index contributed by atoms with van der Waals surface area (Å²) in [6, 6.07) is 5.79. The van der Waals surface area contributed by atoms with Gasteiger partial charge in [0.05, 0.1) is 12.2 Å². The number of piperidine rings is 1. The molecule has 1 aliphatic rings. The van der Waals surface area contributed by atoms with Crippen LogP contribution < -0.4 is 10.6 Å². The molecule has 0 amide bonds. The Bertz CT molecular complexity index is 727. The van der Waals surface area contributed by atoms with Gasteiger partial charge < -0.3 is 10.6 Å². The Morgan fingerprint density at radius 2 is 1.89 bits per heavy atom. The highest BCUT2D eigenvalue weighted by molar-refractivity contribution is 5.62. The van der Waals surface area contributed by atoms with Gasteiger partial charge in [0, 0.05) is 43.5 Å². The molecule has 6 nitrogen and oxygen atoms in total. The van der Waals surface area contributed by atoms with Gasteiger partial charge in [0.15, 0.2) is 0 Å². The summed E-state index contributed by atoms with van der Waals surface area (Å²) >= 11 is 0. The van der Waals surface area contributed by atoms with Crippen molar-refractivity contribution >= 4 is 11.6 Å². The number of alkyl halides is 3. The van der Waals surface area contributed by atoms with Crippen molar-refractivity contribution in [1.29, 1.82) is 0 Å². The highest BCUT2D eigenvalue weighted by Crippen LogP contribution is 2.23. The van der Waals surface area contributed by atoms with Gasteiger partial charge >= 0.3 is 6.18 Å². The lowest BCUT2D eigenvalue weighted by molar-refractivity contribution is -0.147. The molecule has 0 bridgehead atoms. The highest BCUT2D eigenvalue weighted by Gasteiger charge is 2.32. The quantitative estimate of drug-likeness (QED) is 0.801. The van der Waals surface area contributed by atoms with Crippen molar-refractivity contribution in [3.05, 3.63) is 30.7 Å². The first-order chi connectivity index (χ1) is 12.9. The van der Waals surface area contributed by atoms with E-state index < -0.39 is 12.7 Å². The Hall–Kier alpha value is -2.42. The van der Waals surface area contributed by atoms with Gasteiger partial charge in [-0.15, -0.1) is 0 Å². The van der Waals surface area contributed by atoms with Crippen LogP contribution in [0.25, 0.3) is 11.3 Å². The lowest BCUT2D eigenvalue weighted by Crippen LogP contribution is -2.43. The van der Waals surface area contributed by atoms with E-state index >= 15 is 0 Å². The number of halogens is 3. The second-order valence-electron chi connectivity index (χ2n) is 6.56. The number of nitrogens with one attached hydrogen (secondary N) is 2. The summed E-state index contributed by atoms with van der Waals surface area (Å²) in [6.07, 6.45) is 0.438. The van der Waals surface area contributed by atoms with Gasteiger partial charge in [0.2, 0.25) is 0 Å². The molecule has 0 radical (unpaired) electrons. The number of anilines is 2. The summed E-state index contributed by atoms with van der Waals surface area (Å²) < 4.78 is 37.3. The zero-order valence-corrected chi connectivity index (χ0v) is 15.1. The molecule has 9 heteroatoms. The molecule has 2 aromatic rings. The molecule has 1 fully saturated rings. The fraction of sp³-hybridized carbons (Fsp3) is 0.500. The molecule has 0 unspecified atom stereocenters. The molecular weight excluding hydrogens is 357 g/mol. The van der Waals surface area contributed by atoms with Crippen LogP contribution in [0.15, 0.2) is 30.7 Å². The molecule has 146 valence electrons. The number of hydrogen-bond donors (Lipinski definition) is 2. The van der Waals surface area contributed by atoms with Crippen molar-refractivity contribution < 1.29 is 13.2 Å². The molecule has 0 saturated carbocycles. The predicted molar refractivity (Wildman–Crippen MR) is 98.6 cm³/mol. The van der Waals surface area contributed by atoms with Crippen molar-refractivity contribution in [2.75, 3.05) is 36.8 Å². The predicted octanol–water partition coefficient (Wildman–Crippen LogP) is 3.41. The van der Waals surface area contributed by atoms with Crippen LogP contribution in [-0.4, -0.2) is 58.2 Å². The van der Waals surface area contributed by atoms with Crippen molar-refractivity contribution in [1.82, 2.24) is 19.9 Å². The van der Waals surface area contributed by atoms with Crippen LogP contribution in [0.3, 0.4) is 0 Å². The van der Waals surface area contributed by atoms with E-state index in [0.717, 1.165) is 23.6 Å². The van der Waals surface area contributed by atoms with E-state index in [1.54, 1.807) is 6.20 Å². The summed E-state index contributed by atoms with van der Waals surface area (Å²) in [5, 5.41) is 6.45. The molecule has 2 N–H and O–H groups in total. The van der Waals surface area contributed by atoms with E-state index in [1.165, 1.54) is 11.2 Å². The fourth-order valence-corrected chi connectivity index (χ4v) is 3.12. The van der Waals surface area contributed by atoms with E-state index in [1.807, 2.05) is 25.1 Å². The SMILES string of the molecule is CCNc1cc(-c2ccc(NC3CCN(CC(F)(F)F)CC3)nc2)ncn1. The van der Waals surface area contributed by atoms with Crippen LogP contribution in [0, 0.1) is 0 Å². The summed E-state index contributed by atoms with van der Waals surface area (Å²) in [6.45, 7) is 2.81. The molecule has 0 spiro atoms. The lowest BCUT2D eigenvalue weighted by Gasteiger charge is -2.32. The fourth-order valence-electron chi connectivity index (χ4n) is 3.12. The number of pyridine rings is 1. The van der Waals surface area contributed by atoms with Gasteiger partial charge in [-0.2, -0.15) is 13.2 Å². The first-order valence-electron chi connectivity index (χ1n) is 9.01. The van der Waals surface area contributed by atoms with Gasteiger partial charge in [-0.1, -0.05) is 0 Å². The smallest absolute Gasteiger partial charge is 0.370 e. The molecule has 1 saturated heterocycles. The summed E-state index contributed by atoms with van der Waals surface area (Å²) in [7, 11) is 0. The van der Waals surface area contributed by atoms with Crippen molar-refractivity contribution in [2.45, 2.75) is 32.0 Å². The maximum atomic E-state index is 12.4. The highest BCUT2D eigenvalue weighted by atomic mass is 19.4. The largest absolute Gasteiger partial charge is 0.401 e. The first-order valence-corrected chi connectivity index (χ1v) is 9.01. The van der Waals surface area contributed by atoms with E-state index in [9.17, 15) is 13.2 Å². The van der Waals surface area contributed by atoms with Gasteiger partial charge in [-0.3, -0.25) is 4.90 Å². The van der Waals surface area contributed by atoms with Crippen LogP contribution in [0.1, 0.15) is 19.8 Å². The number of hydrogen-bond acceptors (Lipinski definition) is 6. The van der Waals surface area contributed by atoms with Crippen LogP contribution in [-0.2, 0) is 0 Å². The minimum atomic E-state index is -4.13. The van der Waals surface area contributed by atoms with E-state index in [-0.39, 0.29) is 6.04 Å². The standard InChI is InChI=1S/C18H23F3N6/c1-2-22-17-9-15(24-12-25-17)13-3-4-16(23-10-13)26-14-5-7-27(8-6-14)11-18(19,20)21/h3-4,9-10,12,14H,2,5-8,11H2,1H3,(H,23,26)(H,22,24,25). The molecule has 0 aliphatic carbocycles. The van der Waals surface area contributed by atoms with E-state index in [0.29, 0.717) is 31.7 Å². The third kappa shape index (κ3) is 5.78. The summed E-state index contributed by atoms with van der Waals surface area (Å²) in [4.78, 5) is 14.3. The minimum Gasteiger partial charge on any atom is -0.370 e. The van der Waals surface area contributed by atoms with Crippen molar-refractivity contribution in [3.8, 4) is 11.3 Å². The van der Waals surface area contributed by atoms with E-state index in [4.69, 9.17) is 0 Å². The van der Waals surface area contributed by atoms with Crippen molar-refractivity contribution in [2.24, 2.45) is 0 Å². The third-order valence-corrected chi connectivity index (χ3v) is 4.43. The molecule has 3 heterocycles. The number of rotatable bonds is 6. The third-order valence-electron chi connectivity index (χ3n) is 4.43. The normalized spacial score (nSPS) is 16.3. The molecular formula is C18H23F3N6. The first kappa shape index (κ1) is 19.3. The lowest BCUT2D eigenvalue weighted by atomic mass is 10.0. The Morgan fingerprint density at radius 3 is 2.52 bits per heavy atom. The molecule has 27 heavy (non-hydrogen) atoms. The Balaban J connectivity index is 1.55. The van der Waals surface area contributed by atoms with Crippen LogP contribution >= 0.6 is 0 Å². The maximum absolute atomic E-state index is 12.4. The number of nitrogens with zero attached hydrogens (tertiary/aromatic N) is 4. The average molecular weight is 380 g/mol. The molecule has 2 aromatic heterocycles. The van der Waals surface area contributed by atoms with Crippen LogP contribution in [0.2, 0.25) is 0 Å². The second-order valence-corrected chi connectivity index (χ2v) is 6.56. The second kappa shape index (κ2) is 8.51. The van der Waals surface area contributed by atoms with Crippen LogP contribution in [0.5, 0.6) is 0 Å². The van der Waals surface area contributed by atoms with Crippen molar-refractivity contribution in [3.63, 3.8) is 0 Å². The number of likely N-dealkylation sites (tertiary alicyclic amines) is 1. The Labute approximate surface area is 156 Å². The molecule has 1 aliphatic heterocycles. The summed E-state index contributed by atoms with van der Waals surface area (Å²) in [5.74, 6) is 1.48. The van der Waals surface area contributed by atoms with E-state index in [2.05, 4.69) is 25.6 Å². The van der Waals surface area contributed by atoms with Crippen LogP contribution in [0.4, 0.5) is 24.8 Å². The van der Waals surface area contributed by atoms with Gasteiger partial charge in [0.1, 0.15) is 18.0 Å². The Morgan fingerprint density at radius 1 is 1.11 bits per heavy atom. The maximum Gasteiger partial charge on any atom is 0.401 e. The zero-order valence-electron chi connectivity index (χ0n) is 15.1. The average Bonchev–Trinajstić information content (AvgIpc) is 2.63. The summed E-state index contributed by atoms with van der Waals surface area (Å²) in [5.41, 5.74) is 1.66. The monoisotopic (exact) mass is 380 g/mol. The Kier molecular flexibility index (Phi) is 6.10. The molecule has 3 rings (SSSR count). The van der Waals surface area contributed by atoms with Gasteiger partial charge in [-0.25, -0.2) is 15.0 Å². The number of aromatic nitrogens is 3. The zero-order chi connectivity index (χ0) is 19.3. The molecule has 0 aromatic carbocycles.